The van der Waals surface area contributed by atoms with E-state index >= 15 is 0 Å². The zero-order chi connectivity index (χ0) is 29.6. The minimum atomic E-state index is -6.26. The van der Waals surface area contributed by atoms with Gasteiger partial charge in [-0.05, 0) is 36.4 Å². The largest absolute Gasteiger partial charge is 0.502 e. The first-order chi connectivity index (χ1) is 18.5. The normalized spacial score (nSPS) is 12.7. The minimum absolute atomic E-state index is 0.0656. The van der Waals surface area contributed by atoms with E-state index in [-0.39, 0.29) is 5.76 Å². The van der Waals surface area contributed by atoms with Gasteiger partial charge >= 0.3 is 11.7 Å². The summed E-state index contributed by atoms with van der Waals surface area (Å²) in [5.74, 6) is -0.861. The van der Waals surface area contributed by atoms with Gasteiger partial charge in [-0.1, -0.05) is 51.3 Å². The van der Waals surface area contributed by atoms with Crippen LogP contribution in [0.15, 0.2) is 67.3 Å². The Balaban J connectivity index is 1.94. The molecule has 2 aromatic carbocycles. The van der Waals surface area contributed by atoms with Crippen LogP contribution in [-0.2, 0) is 16.0 Å². The number of benzene rings is 2. The lowest BCUT2D eigenvalue weighted by Crippen LogP contribution is -2.23. The van der Waals surface area contributed by atoms with Crippen molar-refractivity contribution in [2.75, 3.05) is 0 Å². The SMILES string of the molecule is N#Cc1nn(-c2c(Cl)cc(C(F)(F)F)cc2Cl)c(N=Cc2ccc(-c3ccc(Br)cc3)o2)c1S(=O)(=O)C(F)(F)F. The molecule has 0 radical (unpaired) electrons. The van der Waals surface area contributed by atoms with Crippen LogP contribution in [0.2, 0.25) is 10.0 Å². The molecule has 0 N–H and O–H groups in total. The molecule has 208 valence electrons. The maximum Gasteiger partial charge on any atom is 0.502 e. The zero-order valence-electron chi connectivity index (χ0n) is 19.0. The van der Waals surface area contributed by atoms with Crippen molar-refractivity contribution >= 4 is 61.0 Å². The molecule has 0 aliphatic heterocycles. The van der Waals surface area contributed by atoms with Crippen molar-refractivity contribution in [3.05, 3.63) is 80.1 Å². The van der Waals surface area contributed by atoms with Crippen LogP contribution in [0.25, 0.3) is 17.0 Å². The van der Waals surface area contributed by atoms with E-state index in [1.165, 1.54) is 18.2 Å². The molecule has 0 aliphatic carbocycles. The monoisotopic (exact) mass is 684 g/mol. The molecule has 0 unspecified atom stereocenters. The Morgan fingerprint density at radius 3 is 2.15 bits per heavy atom. The summed E-state index contributed by atoms with van der Waals surface area (Å²) in [4.78, 5) is 2.12. The average molecular weight is 686 g/mol. The third kappa shape index (κ3) is 5.62. The van der Waals surface area contributed by atoms with Gasteiger partial charge in [-0.3, -0.25) is 0 Å². The van der Waals surface area contributed by atoms with E-state index < -0.39 is 59.2 Å². The molecule has 0 bridgehead atoms. The lowest BCUT2D eigenvalue weighted by molar-refractivity contribution is -0.137. The van der Waals surface area contributed by atoms with Crippen molar-refractivity contribution in [1.82, 2.24) is 9.78 Å². The van der Waals surface area contributed by atoms with Crippen LogP contribution < -0.4 is 0 Å². The zero-order valence-corrected chi connectivity index (χ0v) is 22.9. The van der Waals surface area contributed by atoms with E-state index in [4.69, 9.17) is 27.6 Å². The van der Waals surface area contributed by atoms with Gasteiger partial charge in [0.15, 0.2) is 16.4 Å². The third-order valence-electron chi connectivity index (χ3n) is 5.12. The van der Waals surface area contributed by atoms with Gasteiger partial charge in [0.2, 0.25) is 0 Å². The van der Waals surface area contributed by atoms with Crippen LogP contribution in [0.4, 0.5) is 32.2 Å². The number of hydrogen-bond donors (Lipinski definition) is 0. The molecule has 4 aromatic rings. The Bertz CT molecular complexity index is 1770. The number of sulfone groups is 1. The molecule has 0 saturated heterocycles. The standard InChI is InChI=1S/C23H9BrCl2F6N4O3S/c24-13-3-1-11(2-4-13)18-6-5-14(39-18)10-34-21-20(40(37,38)23(30,31)32)17(9-33)35-36(21)19-15(25)7-12(8-16(19)26)22(27,28)29/h1-8,10H. The topological polar surface area (TPSA) is 101 Å². The molecule has 40 heavy (non-hydrogen) atoms. The molecule has 2 heterocycles. The molecule has 0 aliphatic rings. The highest BCUT2D eigenvalue weighted by Crippen LogP contribution is 2.43. The van der Waals surface area contributed by atoms with E-state index in [9.17, 15) is 40.0 Å². The van der Waals surface area contributed by atoms with Crippen LogP contribution in [0.1, 0.15) is 17.0 Å². The fourth-order valence-electron chi connectivity index (χ4n) is 3.35. The van der Waals surface area contributed by atoms with E-state index in [1.807, 2.05) is 0 Å². The molecule has 0 spiro atoms. The van der Waals surface area contributed by atoms with Crippen LogP contribution in [-0.4, -0.2) is 29.9 Å². The highest BCUT2D eigenvalue weighted by atomic mass is 79.9. The van der Waals surface area contributed by atoms with E-state index in [2.05, 4.69) is 26.0 Å². The number of alkyl halides is 6. The van der Waals surface area contributed by atoms with Crippen molar-refractivity contribution in [2.45, 2.75) is 16.6 Å². The number of furan rings is 1. The van der Waals surface area contributed by atoms with E-state index in [0.717, 1.165) is 10.7 Å². The van der Waals surface area contributed by atoms with Gasteiger partial charge in [0.1, 0.15) is 23.3 Å². The Hall–Kier alpha value is -3.32. The first-order valence-corrected chi connectivity index (χ1v) is 13.4. The molecule has 0 fully saturated rings. The molecule has 0 saturated carbocycles. The second-order valence-electron chi connectivity index (χ2n) is 7.73. The Morgan fingerprint density at radius 2 is 1.62 bits per heavy atom. The molecular formula is C23H9BrCl2F6N4O3S. The lowest BCUT2D eigenvalue weighted by atomic mass is 10.2. The quantitative estimate of drug-likeness (QED) is 0.156. The van der Waals surface area contributed by atoms with Gasteiger partial charge < -0.3 is 4.42 Å². The number of halogens is 9. The Labute approximate surface area is 239 Å². The summed E-state index contributed by atoms with van der Waals surface area (Å²) >= 11 is 15.2. The van der Waals surface area contributed by atoms with Gasteiger partial charge in [-0.2, -0.15) is 36.7 Å². The summed E-state index contributed by atoms with van der Waals surface area (Å²) in [7, 11) is -6.26. The second-order valence-corrected chi connectivity index (χ2v) is 11.3. The fourth-order valence-corrected chi connectivity index (χ4v) is 5.21. The first kappa shape index (κ1) is 29.7. The van der Waals surface area contributed by atoms with Gasteiger partial charge in [-0.15, -0.1) is 0 Å². The van der Waals surface area contributed by atoms with Crippen LogP contribution >= 0.6 is 39.1 Å². The van der Waals surface area contributed by atoms with Crippen molar-refractivity contribution in [3.8, 4) is 23.1 Å². The number of aliphatic imine (C=N–C) groups is 1. The maximum atomic E-state index is 13.6. The summed E-state index contributed by atoms with van der Waals surface area (Å²) in [6.45, 7) is 0. The smallest absolute Gasteiger partial charge is 0.455 e. The van der Waals surface area contributed by atoms with E-state index in [1.54, 1.807) is 24.3 Å². The minimum Gasteiger partial charge on any atom is -0.455 e. The van der Waals surface area contributed by atoms with Crippen LogP contribution in [0.5, 0.6) is 0 Å². The van der Waals surface area contributed by atoms with Gasteiger partial charge in [0.05, 0.1) is 21.8 Å². The van der Waals surface area contributed by atoms with Gasteiger partial charge in [-0.25, -0.2) is 18.1 Å². The second kappa shape index (κ2) is 10.6. The number of nitriles is 1. The number of rotatable bonds is 5. The maximum absolute atomic E-state index is 13.6. The average Bonchev–Trinajstić information content (AvgIpc) is 3.46. The summed E-state index contributed by atoms with van der Waals surface area (Å²) in [6, 6.07) is 11.7. The van der Waals surface area contributed by atoms with Gasteiger partial charge in [0, 0.05) is 10.0 Å². The molecule has 17 heteroatoms. The molecule has 0 atom stereocenters. The highest BCUT2D eigenvalue weighted by Gasteiger charge is 2.51. The summed E-state index contributed by atoms with van der Waals surface area (Å²) in [6.07, 6.45) is -4.07. The van der Waals surface area contributed by atoms with E-state index in [0.29, 0.717) is 28.1 Å². The molecule has 2 aromatic heterocycles. The Kier molecular flexibility index (Phi) is 7.85. The molecule has 4 rings (SSSR count). The number of hydrogen-bond acceptors (Lipinski definition) is 6. The summed E-state index contributed by atoms with van der Waals surface area (Å²) < 4.78 is 112. The molecule has 7 nitrogen and oxygen atoms in total. The van der Waals surface area contributed by atoms with Crippen LogP contribution in [0.3, 0.4) is 0 Å². The molecule has 0 amide bonds. The lowest BCUT2D eigenvalue weighted by Gasteiger charge is -2.13. The highest BCUT2D eigenvalue weighted by molar-refractivity contribution is 9.10. The van der Waals surface area contributed by atoms with Crippen molar-refractivity contribution in [2.24, 2.45) is 4.99 Å². The van der Waals surface area contributed by atoms with Crippen molar-refractivity contribution in [1.29, 1.82) is 5.26 Å². The van der Waals surface area contributed by atoms with Gasteiger partial charge in [0.25, 0.3) is 9.84 Å². The predicted octanol–water partition coefficient (Wildman–Crippen LogP) is 8.14. The first-order valence-electron chi connectivity index (χ1n) is 10.4. The predicted molar refractivity (Wildman–Crippen MR) is 136 cm³/mol. The fraction of sp³-hybridized carbons (Fsp3) is 0.0870. The third-order valence-corrected chi connectivity index (χ3v) is 7.75. The summed E-state index contributed by atoms with van der Waals surface area (Å²) in [5, 5.41) is 11.4. The van der Waals surface area contributed by atoms with Crippen molar-refractivity contribution < 1.29 is 39.2 Å². The van der Waals surface area contributed by atoms with Crippen LogP contribution in [0, 0.1) is 11.3 Å². The Morgan fingerprint density at radius 1 is 1.02 bits per heavy atom. The summed E-state index contributed by atoms with van der Waals surface area (Å²) in [5.41, 5.74) is -8.50. The molecular weight excluding hydrogens is 677 g/mol. The number of nitrogens with zero attached hydrogens (tertiary/aromatic N) is 4. The van der Waals surface area contributed by atoms with Crippen molar-refractivity contribution in [3.63, 3.8) is 0 Å². The number of aromatic nitrogens is 2.